The summed E-state index contributed by atoms with van der Waals surface area (Å²) in [5.74, 6) is 0.0776. The van der Waals surface area contributed by atoms with Crippen LogP contribution in [0.15, 0.2) is 0 Å². The van der Waals surface area contributed by atoms with Crippen molar-refractivity contribution in [3.05, 3.63) is 0 Å². The van der Waals surface area contributed by atoms with Gasteiger partial charge in [-0.2, -0.15) is 0 Å². The zero-order chi connectivity index (χ0) is 14.4. The monoisotopic (exact) mass is 283 g/mol. The van der Waals surface area contributed by atoms with Gasteiger partial charge in [0.2, 0.25) is 11.8 Å². The highest BCUT2D eigenvalue weighted by Crippen LogP contribution is 2.12. The molecule has 0 aromatic carbocycles. The van der Waals surface area contributed by atoms with Gasteiger partial charge < -0.3 is 20.3 Å². The van der Waals surface area contributed by atoms with Gasteiger partial charge in [-0.3, -0.25) is 9.59 Å². The van der Waals surface area contributed by atoms with Crippen molar-refractivity contribution >= 4 is 11.8 Å². The Morgan fingerprint density at radius 2 is 1.85 bits per heavy atom. The third-order valence-corrected chi connectivity index (χ3v) is 3.98. The average molecular weight is 283 g/mol. The van der Waals surface area contributed by atoms with E-state index in [0.717, 1.165) is 38.8 Å². The Bertz CT molecular complexity index is 335. The number of nitrogens with one attached hydrogen (secondary N) is 2. The molecule has 0 aromatic heterocycles. The molecule has 0 aliphatic carbocycles. The Labute approximate surface area is 120 Å². The molecule has 6 nitrogen and oxygen atoms in total. The maximum Gasteiger partial charge on any atom is 0.248 e. The van der Waals surface area contributed by atoms with E-state index in [1.807, 2.05) is 4.90 Å². The number of hydrogen-bond acceptors (Lipinski definition) is 4. The lowest BCUT2D eigenvalue weighted by atomic mass is 10.1. The van der Waals surface area contributed by atoms with Gasteiger partial charge in [-0.05, 0) is 38.8 Å². The molecule has 2 heterocycles. The molecule has 0 aromatic rings. The van der Waals surface area contributed by atoms with Gasteiger partial charge in [0.1, 0.15) is 6.61 Å². The summed E-state index contributed by atoms with van der Waals surface area (Å²) in [6.07, 6.45) is 3.85. The summed E-state index contributed by atoms with van der Waals surface area (Å²) in [6, 6.07) is 0.210. The largest absolute Gasteiger partial charge is 0.368 e. The Morgan fingerprint density at radius 1 is 1.20 bits per heavy atom. The molecule has 0 radical (unpaired) electrons. The standard InChI is InChI=1S/C14H25N3O3/c1-11(18)16-12-4-8-17(9-5-12)14(19)10-20-13-2-6-15-7-3-13/h12-13,15H,2-10H2,1H3,(H,16,18). The van der Waals surface area contributed by atoms with E-state index in [-0.39, 0.29) is 30.6 Å². The third kappa shape index (κ3) is 4.76. The van der Waals surface area contributed by atoms with Crippen LogP contribution >= 0.6 is 0 Å². The van der Waals surface area contributed by atoms with Crippen molar-refractivity contribution in [2.24, 2.45) is 0 Å². The van der Waals surface area contributed by atoms with Crippen molar-refractivity contribution < 1.29 is 14.3 Å². The van der Waals surface area contributed by atoms with Crippen molar-refractivity contribution in [2.75, 3.05) is 32.8 Å². The fourth-order valence-electron chi connectivity index (χ4n) is 2.80. The van der Waals surface area contributed by atoms with Gasteiger partial charge in [0.15, 0.2) is 0 Å². The predicted octanol–water partition coefficient (Wildman–Crippen LogP) is -0.118. The normalized spacial score (nSPS) is 21.8. The fourth-order valence-corrected chi connectivity index (χ4v) is 2.80. The fraction of sp³-hybridized carbons (Fsp3) is 0.857. The molecule has 0 saturated carbocycles. The highest BCUT2D eigenvalue weighted by Gasteiger charge is 2.24. The molecule has 6 heteroatoms. The molecule has 114 valence electrons. The topological polar surface area (TPSA) is 70.7 Å². The molecule has 2 fully saturated rings. The maximum absolute atomic E-state index is 12.1. The first-order chi connectivity index (χ1) is 9.65. The number of carbonyl (C=O) groups excluding carboxylic acids is 2. The third-order valence-electron chi connectivity index (χ3n) is 3.98. The van der Waals surface area contributed by atoms with Crippen LogP contribution in [0.2, 0.25) is 0 Å². The zero-order valence-corrected chi connectivity index (χ0v) is 12.2. The van der Waals surface area contributed by atoms with E-state index in [9.17, 15) is 9.59 Å². The highest BCUT2D eigenvalue weighted by atomic mass is 16.5. The van der Waals surface area contributed by atoms with Crippen molar-refractivity contribution in [3.8, 4) is 0 Å². The van der Waals surface area contributed by atoms with E-state index in [4.69, 9.17) is 4.74 Å². The number of nitrogens with zero attached hydrogens (tertiary/aromatic N) is 1. The summed E-state index contributed by atoms with van der Waals surface area (Å²) in [5, 5.41) is 6.19. The van der Waals surface area contributed by atoms with E-state index in [2.05, 4.69) is 10.6 Å². The van der Waals surface area contributed by atoms with Crippen molar-refractivity contribution in [2.45, 2.75) is 44.8 Å². The molecule has 20 heavy (non-hydrogen) atoms. The van der Waals surface area contributed by atoms with Crippen LogP contribution in [0.5, 0.6) is 0 Å². The van der Waals surface area contributed by atoms with Crippen LogP contribution in [0.1, 0.15) is 32.6 Å². The van der Waals surface area contributed by atoms with E-state index < -0.39 is 0 Å². The molecule has 2 aliphatic rings. The first-order valence-electron chi connectivity index (χ1n) is 7.52. The lowest BCUT2D eigenvalue weighted by Crippen LogP contribution is -2.47. The Morgan fingerprint density at radius 3 is 2.45 bits per heavy atom. The van der Waals surface area contributed by atoms with Crippen LogP contribution in [0.3, 0.4) is 0 Å². The van der Waals surface area contributed by atoms with Crippen LogP contribution in [0.4, 0.5) is 0 Å². The van der Waals surface area contributed by atoms with Gasteiger partial charge in [0.05, 0.1) is 6.10 Å². The molecule has 0 bridgehead atoms. The number of hydrogen-bond donors (Lipinski definition) is 2. The summed E-state index contributed by atoms with van der Waals surface area (Å²) >= 11 is 0. The molecular formula is C14H25N3O3. The predicted molar refractivity (Wildman–Crippen MR) is 75.3 cm³/mol. The molecule has 2 aliphatic heterocycles. The summed E-state index contributed by atoms with van der Waals surface area (Å²) in [5.41, 5.74) is 0. The van der Waals surface area contributed by atoms with Crippen molar-refractivity contribution in [1.82, 2.24) is 15.5 Å². The summed E-state index contributed by atoms with van der Waals surface area (Å²) in [7, 11) is 0. The molecule has 2 rings (SSSR count). The number of rotatable bonds is 4. The van der Waals surface area contributed by atoms with E-state index >= 15 is 0 Å². The minimum atomic E-state index is 0.00372. The van der Waals surface area contributed by atoms with Gasteiger partial charge in [0.25, 0.3) is 0 Å². The molecule has 2 N–H and O–H groups in total. The lowest BCUT2D eigenvalue weighted by molar-refractivity contribution is -0.139. The summed E-state index contributed by atoms with van der Waals surface area (Å²) in [4.78, 5) is 24.9. The smallest absolute Gasteiger partial charge is 0.248 e. The Kier molecular flexibility index (Phi) is 5.79. The summed E-state index contributed by atoms with van der Waals surface area (Å²) in [6.45, 7) is 5.08. The quantitative estimate of drug-likeness (QED) is 0.755. The zero-order valence-electron chi connectivity index (χ0n) is 12.2. The van der Waals surface area contributed by atoms with E-state index in [1.54, 1.807) is 0 Å². The van der Waals surface area contributed by atoms with E-state index in [0.29, 0.717) is 13.1 Å². The number of likely N-dealkylation sites (tertiary alicyclic amines) is 1. The molecule has 2 saturated heterocycles. The van der Waals surface area contributed by atoms with Crippen molar-refractivity contribution in [3.63, 3.8) is 0 Å². The van der Waals surface area contributed by atoms with Gasteiger partial charge in [-0.15, -0.1) is 0 Å². The van der Waals surface area contributed by atoms with Crippen LogP contribution < -0.4 is 10.6 Å². The minimum Gasteiger partial charge on any atom is -0.368 e. The first-order valence-corrected chi connectivity index (χ1v) is 7.52. The van der Waals surface area contributed by atoms with Crippen LogP contribution in [0.25, 0.3) is 0 Å². The minimum absolute atomic E-state index is 0.00372. The summed E-state index contributed by atoms with van der Waals surface area (Å²) < 4.78 is 5.69. The first kappa shape index (κ1) is 15.3. The Balaban J connectivity index is 1.65. The second-order valence-corrected chi connectivity index (χ2v) is 5.62. The molecule has 2 amide bonds. The van der Waals surface area contributed by atoms with Gasteiger partial charge >= 0.3 is 0 Å². The number of ether oxygens (including phenoxy) is 1. The molecular weight excluding hydrogens is 258 g/mol. The van der Waals surface area contributed by atoms with Crippen LogP contribution in [-0.4, -0.2) is 61.6 Å². The average Bonchev–Trinajstić information content (AvgIpc) is 2.46. The Hall–Kier alpha value is -1.14. The number of amides is 2. The second kappa shape index (κ2) is 7.59. The van der Waals surface area contributed by atoms with Gasteiger partial charge in [-0.1, -0.05) is 0 Å². The van der Waals surface area contributed by atoms with Crippen LogP contribution in [-0.2, 0) is 14.3 Å². The number of piperidine rings is 2. The van der Waals surface area contributed by atoms with Crippen molar-refractivity contribution in [1.29, 1.82) is 0 Å². The van der Waals surface area contributed by atoms with E-state index in [1.165, 1.54) is 6.92 Å². The van der Waals surface area contributed by atoms with Gasteiger partial charge in [-0.25, -0.2) is 0 Å². The molecule has 0 atom stereocenters. The van der Waals surface area contributed by atoms with Crippen LogP contribution in [0, 0.1) is 0 Å². The number of carbonyl (C=O) groups is 2. The van der Waals surface area contributed by atoms with Gasteiger partial charge in [0, 0.05) is 26.1 Å². The lowest BCUT2D eigenvalue weighted by Gasteiger charge is -2.32. The SMILES string of the molecule is CC(=O)NC1CCN(C(=O)COC2CCNCC2)CC1. The maximum atomic E-state index is 12.1. The molecule has 0 unspecified atom stereocenters. The molecule has 0 spiro atoms. The second-order valence-electron chi connectivity index (χ2n) is 5.62. The highest BCUT2D eigenvalue weighted by molar-refractivity contribution is 5.77.